The van der Waals surface area contributed by atoms with Crippen molar-refractivity contribution in [2.45, 2.75) is 43.1 Å². The number of hydrogen-bond acceptors (Lipinski definition) is 8. The Hall–Kier alpha value is -1.00. The van der Waals surface area contributed by atoms with Gasteiger partial charge in [-0.3, -0.25) is 0 Å². The van der Waals surface area contributed by atoms with E-state index < -0.39 is 49.7 Å². The third-order valence-corrected chi connectivity index (χ3v) is 4.31. The molecule has 0 aromatic heterocycles. The number of ether oxygens (including phenoxy) is 3. The second-order valence-corrected chi connectivity index (χ2v) is 5.70. The normalized spacial score (nSPS) is 50.7. The quantitative estimate of drug-likeness (QED) is 0.372. The minimum absolute atomic E-state index is 0.191. The molecule has 22 heavy (non-hydrogen) atoms. The second-order valence-electron chi connectivity index (χ2n) is 5.70. The van der Waals surface area contributed by atoms with Crippen molar-refractivity contribution in [1.82, 2.24) is 0 Å². The number of fused-ring (bicyclic) bond motifs is 1. The molecule has 0 aromatic rings. The maximum Gasteiger partial charge on any atom is 0.208 e. The molecule has 0 saturated carbocycles. The summed E-state index contributed by atoms with van der Waals surface area (Å²) < 4.78 is 16.2. The summed E-state index contributed by atoms with van der Waals surface area (Å²) in [6.07, 6.45) is -1.65. The Kier molecular flexibility index (Phi) is 4.51. The highest BCUT2D eigenvalue weighted by Crippen LogP contribution is 2.36. The van der Waals surface area contributed by atoms with Gasteiger partial charge in [-0.25, -0.2) is 0 Å². The van der Waals surface area contributed by atoms with Gasteiger partial charge in [0.25, 0.3) is 0 Å². The first-order chi connectivity index (χ1) is 10.5. The molecule has 2 aliphatic heterocycles. The van der Waals surface area contributed by atoms with Gasteiger partial charge in [0, 0.05) is 11.8 Å². The molecule has 1 fully saturated rings. The van der Waals surface area contributed by atoms with Crippen LogP contribution in [0, 0.1) is 11.8 Å². The maximum absolute atomic E-state index is 9.96. The zero-order valence-electron chi connectivity index (χ0n) is 11.7. The van der Waals surface area contributed by atoms with Crippen molar-refractivity contribution in [2.75, 3.05) is 6.61 Å². The zero-order valence-corrected chi connectivity index (χ0v) is 11.7. The Morgan fingerprint density at radius 2 is 1.64 bits per heavy atom. The largest absolute Gasteiger partial charge is 0.472 e. The summed E-state index contributed by atoms with van der Waals surface area (Å²) in [5, 5.41) is 48.4. The molecule has 0 spiro atoms. The summed E-state index contributed by atoms with van der Waals surface area (Å²) >= 11 is 0. The lowest BCUT2D eigenvalue weighted by molar-refractivity contribution is -0.339. The average Bonchev–Trinajstić information content (AvgIpc) is 2.90. The van der Waals surface area contributed by atoms with E-state index >= 15 is 0 Å². The topological polar surface area (TPSA) is 129 Å². The van der Waals surface area contributed by atoms with E-state index in [-0.39, 0.29) is 11.8 Å². The maximum atomic E-state index is 9.96. The molecule has 1 aliphatic carbocycles. The van der Waals surface area contributed by atoms with Crippen molar-refractivity contribution in [3.05, 3.63) is 24.5 Å². The monoisotopic (exact) mass is 316 g/mol. The van der Waals surface area contributed by atoms with Gasteiger partial charge in [0.05, 0.1) is 19.0 Å². The van der Waals surface area contributed by atoms with E-state index in [9.17, 15) is 20.4 Å². The van der Waals surface area contributed by atoms with E-state index in [1.54, 1.807) is 18.2 Å². The molecule has 9 atom stereocenters. The van der Waals surface area contributed by atoms with Crippen LogP contribution in [0.1, 0.15) is 0 Å². The molecule has 124 valence electrons. The van der Waals surface area contributed by atoms with Crippen LogP contribution in [0.4, 0.5) is 0 Å². The number of aliphatic hydroxyl groups excluding tert-OH is 5. The van der Waals surface area contributed by atoms with Crippen LogP contribution >= 0.6 is 0 Å². The van der Waals surface area contributed by atoms with Crippen LogP contribution in [-0.2, 0) is 14.2 Å². The molecule has 5 N–H and O–H groups in total. The van der Waals surface area contributed by atoms with E-state index in [4.69, 9.17) is 19.3 Å². The van der Waals surface area contributed by atoms with Crippen molar-refractivity contribution < 1.29 is 39.7 Å². The van der Waals surface area contributed by atoms with Crippen LogP contribution in [0.5, 0.6) is 0 Å². The summed E-state index contributed by atoms with van der Waals surface area (Å²) in [4.78, 5) is 0. The summed E-state index contributed by atoms with van der Waals surface area (Å²) in [7, 11) is 0. The molecule has 1 saturated heterocycles. The van der Waals surface area contributed by atoms with Gasteiger partial charge in [-0.05, 0) is 6.08 Å². The first kappa shape index (κ1) is 15.9. The van der Waals surface area contributed by atoms with Crippen LogP contribution in [-0.4, -0.2) is 75.2 Å². The van der Waals surface area contributed by atoms with Gasteiger partial charge in [-0.2, -0.15) is 0 Å². The highest BCUT2D eigenvalue weighted by Gasteiger charge is 2.47. The fourth-order valence-electron chi connectivity index (χ4n) is 2.98. The van der Waals surface area contributed by atoms with E-state index in [2.05, 4.69) is 0 Å². The number of aliphatic hydroxyl groups is 5. The van der Waals surface area contributed by atoms with Crippen molar-refractivity contribution in [2.24, 2.45) is 11.8 Å². The fraction of sp³-hybridized carbons (Fsp3) is 0.714. The number of rotatable bonds is 3. The lowest BCUT2D eigenvalue weighted by Crippen LogP contribution is -2.60. The van der Waals surface area contributed by atoms with Crippen molar-refractivity contribution in [1.29, 1.82) is 0 Å². The molecule has 8 heteroatoms. The average molecular weight is 316 g/mol. The van der Waals surface area contributed by atoms with Gasteiger partial charge in [-0.15, -0.1) is 0 Å². The molecule has 2 heterocycles. The highest BCUT2D eigenvalue weighted by molar-refractivity contribution is 5.15. The van der Waals surface area contributed by atoms with Gasteiger partial charge in [-0.1, -0.05) is 12.2 Å². The Morgan fingerprint density at radius 3 is 2.36 bits per heavy atom. The molecule has 3 rings (SSSR count). The predicted molar refractivity (Wildman–Crippen MR) is 71.0 cm³/mol. The Morgan fingerprint density at radius 1 is 0.864 bits per heavy atom. The third-order valence-electron chi connectivity index (χ3n) is 4.31. The summed E-state index contributed by atoms with van der Waals surface area (Å²) in [5.74, 6) is -0.448. The lowest BCUT2D eigenvalue weighted by atomic mass is 9.92. The van der Waals surface area contributed by atoms with Gasteiger partial charge in [0.15, 0.2) is 6.29 Å². The summed E-state index contributed by atoms with van der Waals surface area (Å²) in [5.41, 5.74) is 0. The first-order valence-corrected chi connectivity index (χ1v) is 7.17. The molecule has 3 aliphatic rings. The molecule has 0 amide bonds. The lowest BCUT2D eigenvalue weighted by Gasteiger charge is -2.42. The fourth-order valence-corrected chi connectivity index (χ4v) is 2.98. The van der Waals surface area contributed by atoms with Crippen LogP contribution in [0.15, 0.2) is 24.5 Å². The molecule has 0 aromatic carbocycles. The van der Waals surface area contributed by atoms with E-state index in [1.165, 1.54) is 6.26 Å². The molecule has 0 bridgehead atoms. The highest BCUT2D eigenvalue weighted by atomic mass is 16.8. The van der Waals surface area contributed by atoms with Gasteiger partial charge in [0.1, 0.15) is 24.4 Å². The molecular formula is C14H20O8. The van der Waals surface area contributed by atoms with Gasteiger partial charge >= 0.3 is 0 Å². The molecular weight excluding hydrogens is 296 g/mol. The Balaban J connectivity index is 1.70. The minimum Gasteiger partial charge on any atom is -0.472 e. The number of hydrogen-bond donors (Lipinski definition) is 5. The second kappa shape index (κ2) is 6.25. The van der Waals surface area contributed by atoms with E-state index in [0.717, 1.165) is 0 Å². The van der Waals surface area contributed by atoms with Crippen LogP contribution < -0.4 is 0 Å². The smallest absolute Gasteiger partial charge is 0.208 e. The Labute approximate surface area is 126 Å². The third kappa shape index (κ3) is 2.67. The van der Waals surface area contributed by atoms with Crippen LogP contribution in [0.2, 0.25) is 0 Å². The van der Waals surface area contributed by atoms with Crippen LogP contribution in [0.25, 0.3) is 0 Å². The molecule has 0 radical (unpaired) electrons. The van der Waals surface area contributed by atoms with Gasteiger partial charge in [0.2, 0.25) is 6.29 Å². The molecule has 0 unspecified atom stereocenters. The zero-order chi connectivity index (χ0) is 15.9. The first-order valence-electron chi connectivity index (χ1n) is 7.17. The van der Waals surface area contributed by atoms with Crippen molar-refractivity contribution in [3.63, 3.8) is 0 Å². The van der Waals surface area contributed by atoms with Crippen molar-refractivity contribution in [3.8, 4) is 0 Å². The minimum atomic E-state index is -1.50. The SMILES string of the molecule is OC[C@H]1O[C@@H](O[C@@H]2OC=C[C@@H]3[C@H]2C=C[C@H]3O)[C@H](O)[C@@H](O)[C@@H]1O. The van der Waals surface area contributed by atoms with Crippen molar-refractivity contribution >= 4 is 0 Å². The Bertz CT molecular complexity index is 450. The predicted octanol–water partition coefficient (Wildman–Crippen LogP) is -2.16. The summed E-state index contributed by atoms with van der Waals surface area (Å²) in [6.45, 7) is -0.527. The molecule has 8 nitrogen and oxygen atoms in total. The summed E-state index contributed by atoms with van der Waals surface area (Å²) in [6, 6.07) is 0. The van der Waals surface area contributed by atoms with Gasteiger partial charge < -0.3 is 39.7 Å². The van der Waals surface area contributed by atoms with E-state index in [1.807, 2.05) is 0 Å². The standard InChI is InChI=1S/C14H20O8/c15-5-9-10(17)11(18)12(19)14(21-9)22-13-7-1-2-8(16)6(7)3-4-20-13/h1-4,6-19H,5H2/t6-,7-,8-,9-,10-,11+,12-,13+,14+/m1/s1. The van der Waals surface area contributed by atoms with E-state index in [0.29, 0.717) is 0 Å². The van der Waals surface area contributed by atoms with Crippen LogP contribution in [0.3, 0.4) is 0 Å².